The molecule has 2 N–H and O–H groups in total. The smallest absolute Gasteiger partial charge is 0.141 e. The number of nitrogens with one attached hydrogen (secondary N) is 2. The maximum Gasteiger partial charge on any atom is 0.141 e. The predicted octanol–water partition coefficient (Wildman–Crippen LogP) is 1.42. The highest BCUT2D eigenvalue weighted by atomic mass is 32.1. The number of aromatic amines is 1. The lowest BCUT2D eigenvalue weighted by Gasteiger charge is -2.08. The highest BCUT2D eigenvalue weighted by Gasteiger charge is 2.08. The second-order valence-corrected chi connectivity index (χ2v) is 4.30. The maximum atomic E-state index is 4.37. The Morgan fingerprint density at radius 3 is 3.07 bits per heavy atom. The van der Waals surface area contributed by atoms with E-state index in [9.17, 15) is 0 Å². The molecule has 0 spiro atoms. The summed E-state index contributed by atoms with van der Waals surface area (Å²) in [7, 11) is 0. The van der Waals surface area contributed by atoms with E-state index >= 15 is 0 Å². The fraction of sp³-hybridized carbons (Fsp3) is 0.444. The Bertz CT molecular complexity index is 408. The van der Waals surface area contributed by atoms with Crippen LogP contribution in [0.25, 0.3) is 0 Å². The maximum absolute atomic E-state index is 4.37. The van der Waals surface area contributed by atoms with Crippen LogP contribution < -0.4 is 5.32 Å². The number of aromatic nitrogens is 4. The molecule has 2 aromatic rings. The van der Waals surface area contributed by atoms with Gasteiger partial charge in [-0.2, -0.15) is 5.10 Å². The lowest BCUT2D eigenvalue weighted by molar-refractivity contribution is 0.546. The topological polar surface area (TPSA) is 66.5 Å². The van der Waals surface area contributed by atoms with Crippen molar-refractivity contribution in [3.05, 3.63) is 28.2 Å². The van der Waals surface area contributed by atoms with Gasteiger partial charge in [-0.1, -0.05) is 0 Å². The van der Waals surface area contributed by atoms with Crippen molar-refractivity contribution in [3.8, 4) is 0 Å². The van der Waals surface area contributed by atoms with E-state index in [2.05, 4.69) is 30.9 Å². The molecule has 5 nitrogen and oxygen atoms in total. The van der Waals surface area contributed by atoms with E-state index in [0.29, 0.717) is 0 Å². The molecule has 0 bridgehead atoms. The summed E-state index contributed by atoms with van der Waals surface area (Å²) in [5, 5.41) is 13.1. The van der Waals surface area contributed by atoms with E-state index in [0.717, 1.165) is 23.1 Å². The van der Waals surface area contributed by atoms with Crippen LogP contribution in [0, 0.1) is 6.92 Å². The summed E-state index contributed by atoms with van der Waals surface area (Å²) in [5.41, 5.74) is 1.07. The Balaban J connectivity index is 1.88. The number of aryl methyl sites for hydroxylation is 1. The molecule has 2 aromatic heterocycles. The van der Waals surface area contributed by atoms with Crippen LogP contribution in [0.2, 0.25) is 0 Å². The lowest BCUT2D eigenvalue weighted by atomic mass is 10.3. The summed E-state index contributed by atoms with van der Waals surface area (Å²) < 4.78 is 0. The molecule has 0 aliphatic rings. The molecule has 0 fully saturated rings. The van der Waals surface area contributed by atoms with Crippen molar-refractivity contribution in [2.75, 3.05) is 0 Å². The minimum Gasteiger partial charge on any atom is -0.301 e. The zero-order valence-electron chi connectivity index (χ0n) is 8.69. The van der Waals surface area contributed by atoms with E-state index < -0.39 is 0 Å². The number of H-pyrrole nitrogens is 1. The predicted molar refractivity (Wildman–Crippen MR) is 58.5 cm³/mol. The van der Waals surface area contributed by atoms with E-state index in [1.54, 1.807) is 11.3 Å². The first-order valence-electron chi connectivity index (χ1n) is 4.75. The van der Waals surface area contributed by atoms with Gasteiger partial charge in [-0.15, -0.1) is 11.3 Å². The van der Waals surface area contributed by atoms with E-state index in [1.807, 2.05) is 13.8 Å². The fourth-order valence-electron chi connectivity index (χ4n) is 1.24. The Labute approximate surface area is 92.0 Å². The zero-order valence-corrected chi connectivity index (χ0v) is 9.51. The molecule has 1 atom stereocenters. The highest BCUT2D eigenvalue weighted by Crippen LogP contribution is 2.10. The number of nitrogens with zero attached hydrogens (tertiary/aromatic N) is 3. The highest BCUT2D eigenvalue weighted by molar-refractivity contribution is 7.09. The van der Waals surface area contributed by atoms with Gasteiger partial charge in [0.05, 0.1) is 6.04 Å². The minimum atomic E-state index is 0.164. The largest absolute Gasteiger partial charge is 0.301 e. The summed E-state index contributed by atoms with van der Waals surface area (Å²) in [4.78, 5) is 8.46. The molecule has 2 heterocycles. The van der Waals surface area contributed by atoms with E-state index in [-0.39, 0.29) is 6.04 Å². The van der Waals surface area contributed by atoms with Gasteiger partial charge in [-0.3, -0.25) is 5.10 Å². The SMILES string of the molecule is Cc1csc(CNC(C)c2ncn[nH]2)n1. The summed E-state index contributed by atoms with van der Waals surface area (Å²) in [5.74, 6) is 0.850. The summed E-state index contributed by atoms with van der Waals surface area (Å²) >= 11 is 1.67. The average molecular weight is 223 g/mol. The van der Waals surface area contributed by atoms with Crippen LogP contribution in [0.3, 0.4) is 0 Å². The van der Waals surface area contributed by atoms with Gasteiger partial charge < -0.3 is 5.32 Å². The standard InChI is InChI=1S/C9H13N5S/c1-6-4-15-8(13-6)3-10-7(2)9-11-5-12-14-9/h4-5,7,10H,3H2,1-2H3,(H,11,12,14). The first-order valence-corrected chi connectivity index (χ1v) is 5.63. The van der Waals surface area contributed by atoms with Crippen LogP contribution in [-0.2, 0) is 6.54 Å². The Morgan fingerprint density at radius 1 is 1.60 bits per heavy atom. The quantitative estimate of drug-likeness (QED) is 0.822. The number of thiazole rings is 1. The molecule has 15 heavy (non-hydrogen) atoms. The molecule has 80 valence electrons. The molecule has 0 saturated carbocycles. The second-order valence-electron chi connectivity index (χ2n) is 3.36. The third-order valence-electron chi connectivity index (χ3n) is 2.07. The Morgan fingerprint density at radius 2 is 2.47 bits per heavy atom. The van der Waals surface area contributed by atoms with Crippen LogP contribution in [-0.4, -0.2) is 20.2 Å². The summed E-state index contributed by atoms with van der Waals surface area (Å²) in [6.07, 6.45) is 1.51. The van der Waals surface area contributed by atoms with Gasteiger partial charge in [-0.25, -0.2) is 9.97 Å². The molecule has 6 heteroatoms. The lowest BCUT2D eigenvalue weighted by Crippen LogP contribution is -2.19. The molecular weight excluding hydrogens is 210 g/mol. The minimum absolute atomic E-state index is 0.164. The van der Waals surface area contributed by atoms with Gasteiger partial charge in [0.25, 0.3) is 0 Å². The average Bonchev–Trinajstić information content (AvgIpc) is 2.84. The molecule has 2 rings (SSSR count). The van der Waals surface area contributed by atoms with Gasteiger partial charge in [0, 0.05) is 17.6 Å². The molecule has 0 aromatic carbocycles. The van der Waals surface area contributed by atoms with Crippen molar-refractivity contribution in [2.45, 2.75) is 26.4 Å². The fourth-order valence-corrected chi connectivity index (χ4v) is 1.97. The van der Waals surface area contributed by atoms with Crippen LogP contribution in [0.1, 0.15) is 29.5 Å². The summed E-state index contributed by atoms with van der Waals surface area (Å²) in [6, 6.07) is 0.164. The van der Waals surface area contributed by atoms with Crippen molar-refractivity contribution in [1.82, 2.24) is 25.5 Å². The molecule has 0 amide bonds. The van der Waals surface area contributed by atoms with Gasteiger partial charge >= 0.3 is 0 Å². The van der Waals surface area contributed by atoms with Crippen molar-refractivity contribution in [3.63, 3.8) is 0 Å². The zero-order chi connectivity index (χ0) is 10.7. The first kappa shape index (κ1) is 10.3. The third kappa shape index (κ3) is 2.60. The second kappa shape index (κ2) is 4.50. The molecule has 0 saturated heterocycles. The summed E-state index contributed by atoms with van der Waals surface area (Å²) in [6.45, 7) is 4.81. The third-order valence-corrected chi connectivity index (χ3v) is 3.04. The molecule has 1 unspecified atom stereocenters. The molecule has 0 radical (unpaired) electrons. The monoisotopic (exact) mass is 223 g/mol. The van der Waals surface area contributed by atoms with Crippen LogP contribution in [0.4, 0.5) is 0 Å². The number of hydrogen-bond donors (Lipinski definition) is 2. The molecule has 0 aliphatic carbocycles. The van der Waals surface area contributed by atoms with Gasteiger partial charge in [0.2, 0.25) is 0 Å². The number of hydrogen-bond acceptors (Lipinski definition) is 5. The van der Waals surface area contributed by atoms with Crippen LogP contribution in [0.5, 0.6) is 0 Å². The van der Waals surface area contributed by atoms with Crippen molar-refractivity contribution >= 4 is 11.3 Å². The van der Waals surface area contributed by atoms with Gasteiger partial charge in [0.1, 0.15) is 17.2 Å². The van der Waals surface area contributed by atoms with Gasteiger partial charge in [0.15, 0.2) is 0 Å². The van der Waals surface area contributed by atoms with Crippen LogP contribution in [0.15, 0.2) is 11.7 Å². The normalized spacial score (nSPS) is 12.9. The number of rotatable bonds is 4. The van der Waals surface area contributed by atoms with E-state index in [1.165, 1.54) is 6.33 Å². The van der Waals surface area contributed by atoms with Crippen molar-refractivity contribution in [1.29, 1.82) is 0 Å². The Hall–Kier alpha value is -1.27. The van der Waals surface area contributed by atoms with E-state index in [4.69, 9.17) is 0 Å². The molecule has 0 aliphatic heterocycles. The molecular formula is C9H13N5S. The van der Waals surface area contributed by atoms with Crippen molar-refractivity contribution < 1.29 is 0 Å². The van der Waals surface area contributed by atoms with Crippen molar-refractivity contribution in [2.24, 2.45) is 0 Å². The van der Waals surface area contributed by atoms with Gasteiger partial charge in [-0.05, 0) is 13.8 Å². The Kier molecular flexibility index (Phi) is 3.08. The van der Waals surface area contributed by atoms with Crippen LogP contribution >= 0.6 is 11.3 Å². The first-order chi connectivity index (χ1) is 7.25.